The third kappa shape index (κ3) is 3.51. The van der Waals surface area contributed by atoms with Gasteiger partial charge in [0.2, 0.25) is 0 Å². The molecule has 0 spiro atoms. The molecule has 0 radical (unpaired) electrons. The van der Waals surface area contributed by atoms with Crippen LogP contribution in [-0.4, -0.2) is 32.0 Å². The highest BCUT2D eigenvalue weighted by atomic mass is 16.4. The number of H-pyrrole nitrogens is 1. The minimum absolute atomic E-state index is 0.317. The Morgan fingerprint density at radius 1 is 0.655 bits per heavy atom. The molecule has 6 heteroatoms. The second-order valence-electron chi connectivity index (χ2n) is 6.32. The summed E-state index contributed by atoms with van der Waals surface area (Å²) in [7, 11) is 0. The Morgan fingerprint density at radius 2 is 1.14 bits per heavy atom. The Kier molecular flexibility index (Phi) is 5.16. The summed E-state index contributed by atoms with van der Waals surface area (Å²) in [5.74, 6) is 0. The predicted molar refractivity (Wildman–Crippen MR) is 112 cm³/mol. The minimum atomic E-state index is 0.317. The average molecular weight is 382 g/mol. The highest BCUT2D eigenvalue weighted by Crippen LogP contribution is 2.30. The molecule has 0 saturated heterocycles. The fraction of sp³-hybridized carbons (Fsp3) is 0. The Balaban J connectivity index is 1.95. The largest absolute Gasteiger partial charge is 0.410 e. The summed E-state index contributed by atoms with van der Waals surface area (Å²) in [5, 5.41) is 34.0. The third-order valence-electron chi connectivity index (χ3n) is 4.58. The summed E-state index contributed by atoms with van der Waals surface area (Å²) in [6.45, 7) is 0. The van der Waals surface area contributed by atoms with E-state index in [0.29, 0.717) is 33.9 Å². The van der Waals surface area contributed by atoms with E-state index in [1.165, 1.54) is 0 Å². The number of nitrogens with one attached hydrogen (secondary N) is 1. The first-order valence-corrected chi connectivity index (χ1v) is 9.03. The molecule has 4 aromatic rings. The van der Waals surface area contributed by atoms with Crippen LogP contribution >= 0.6 is 0 Å². The highest BCUT2D eigenvalue weighted by molar-refractivity contribution is 6.20. The zero-order valence-electron chi connectivity index (χ0n) is 15.4. The maximum atomic E-state index is 9.79. The first kappa shape index (κ1) is 18.2. The maximum absolute atomic E-state index is 9.79. The van der Waals surface area contributed by atoms with Gasteiger partial charge in [-0.2, -0.15) is 5.10 Å². The molecule has 3 aromatic carbocycles. The van der Waals surface area contributed by atoms with Gasteiger partial charge in [-0.15, -0.1) is 0 Å². The second kappa shape index (κ2) is 8.22. The van der Waals surface area contributed by atoms with E-state index < -0.39 is 0 Å². The number of benzene rings is 3. The first-order chi connectivity index (χ1) is 14.3. The van der Waals surface area contributed by atoms with E-state index >= 15 is 0 Å². The molecule has 6 nitrogen and oxygen atoms in total. The summed E-state index contributed by atoms with van der Waals surface area (Å²) < 4.78 is 0. The van der Waals surface area contributed by atoms with Crippen molar-refractivity contribution < 1.29 is 10.4 Å². The molecule has 29 heavy (non-hydrogen) atoms. The molecule has 0 amide bonds. The van der Waals surface area contributed by atoms with Crippen molar-refractivity contribution in [3.05, 3.63) is 114 Å². The number of oxime groups is 2. The van der Waals surface area contributed by atoms with Gasteiger partial charge in [0.25, 0.3) is 0 Å². The van der Waals surface area contributed by atoms with Gasteiger partial charge >= 0.3 is 0 Å². The van der Waals surface area contributed by atoms with E-state index in [9.17, 15) is 10.4 Å². The van der Waals surface area contributed by atoms with Crippen LogP contribution < -0.4 is 0 Å². The molecule has 0 aliphatic carbocycles. The van der Waals surface area contributed by atoms with Crippen molar-refractivity contribution in [3.8, 4) is 11.1 Å². The van der Waals surface area contributed by atoms with Gasteiger partial charge in [-0.1, -0.05) is 101 Å². The molecule has 0 saturated carbocycles. The van der Waals surface area contributed by atoms with Gasteiger partial charge in [-0.05, 0) is 5.56 Å². The Labute approximate surface area is 167 Å². The predicted octanol–water partition coefficient (Wildman–Crippen LogP) is 4.53. The zero-order valence-corrected chi connectivity index (χ0v) is 15.4. The summed E-state index contributed by atoms with van der Waals surface area (Å²) in [6.07, 6.45) is 0. The van der Waals surface area contributed by atoms with Crippen LogP contribution in [0.1, 0.15) is 22.5 Å². The van der Waals surface area contributed by atoms with Crippen molar-refractivity contribution in [1.82, 2.24) is 10.2 Å². The normalized spacial score (nSPS) is 12.1. The number of rotatable bonds is 5. The van der Waals surface area contributed by atoms with E-state index in [4.69, 9.17) is 0 Å². The first-order valence-electron chi connectivity index (χ1n) is 9.03. The van der Waals surface area contributed by atoms with Gasteiger partial charge in [0.05, 0.1) is 5.69 Å². The molecule has 1 heterocycles. The summed E-state index contributed by atoms with van der Waals surface area (Å²) in [5.41, 5.74) is 4.61. The van der Waals surface area contributed by atoms with Gasteiger partial charge in [-0.3, -0.25) is 5.10 Å². The fourth-order valence-corrected chi connectivity index (χ4v) is 3.26. The molecule has 0 fully saturated rings. The van der Waals surface area contributed by atoms with Gasteiger partial charge < -0.3 is 10.4 Å². The van der Waals surface area contributed by atoms with Crippen LogP contribution in [0.4, 0.5) is 0 Å². The van der Waals surface area contributed by atoms with Crippen LogP contribution in [0.3, 0.4) is 0 Å². The molecule has 3 N–H and O–H groups in total. The molecule has 142 valence electrons. The Morgan fingerprint density at radius 3 is 1.66 bits per heavy atom. The van der Waals surface area contributed by atoms with Crippen LogP contribution in [0.15, 0.2) is 101 Å². The van der Waals surface area contributed by atoms with Crippen molar-refractivity contribution in [2.24, 2.45) is 10.3 Å². The number of aromatic amines is 1. The number of aromatic nitrogens is 2. The van der Waals surface area contributed by atoms with Crippen molar-refractivity contribution in [1.29, 1.82) is 0 Å². The summed E-state index contributed by atoms with van der Waals surface area (Å²) in [4.78, 5) is 0. The lowest BCUT2D eigenvalue weighted by Gasteiger charge is -2.09. The molecule has 0 aliphatic rings. The van der Waals surface area contributed by atoms with Crippen LogP contribution in [0.2, 0.25) is 0 Å². The maximum Gasteiger partial charge on any atom is 0.138 e. The third-order valence-corrected chi connectivity index (χ3v) is 4.58. The van der Waals surface area contributed by atoms with Crippen molar-refractivity contribution in [2.45, 2.75) is 0 Å². The minimum Gasteiger partial charge on any atom is -0.410 e. The molecule has 0 aliphatic heterocycles. The standard InChI is InChI=1S/C23H18N4O2/c28-26-20(17-12-6-2-7-13-17)22-19(16-10-4-1-5-11-16)23(25-24-22)21(27-29)18-14-8-3-9-15-18/h1-15,28-29H,(H,24,25)/b26-20+,27-21+. The average Bonchev–Trinajstić information content (AvgIpc) is 3.21. The molecular weight excluding hydrogens is 364 g/mol. The van der Waals surface area contributed by atoms with Crippen molar-refractivity contribution in [2.75, 3.05) is 0 Å². The van der Waals surface area contributed by atoms with Crippen LogP contribution in [-0.2, 0) is 0 Å². The summed E-state index contributed by atoms with van der Waals surface area (Å²) >= 11 is 0. The zero-order chi connectivity index (χ0) is 20.1. The van der Waals surface area contributed by atoms with Crippen LogP contribution in [0.5, 0.6) is 0 Å². The molecule has 1 aromatic heterocycles. The van der Waals surface area contributed by atoms with E-state index in [1.807, 2.05) is 91.0 Å². The quantitative estimate of drug-likeness (QED) is 0.269. The molecule has 0 bridgehead atoms. The lowest BCUT2D eigenvalue weighted by molar-refractivity contribution is 0.319. The molecule has 0 atom stereocenters. The molecule has 4 rings (SSSR count). The number of nitrogens with zero attached hydrogens (tertiary/aromatic N) is 3. The van der Waals surface area contributed by atoms with Crippen molar-refractivity contribution in [3.63, 3.8) is 0 Å². The van der Waals surface area contributed by atoms with Gasteiger partial charge in [0.1, 0.15) is 17.1 Å². The van der Waals surface area contributed by atoms with E-state index in [0.717, 1.165) is 11.1 Å². The van der Waals surface area contributed by atoms with Crippen LogP contribution in [0, 0.1) is 0 Å². The van der Waals surface area contributed by atoms with Gasteiger partial charge in [-0.25, -0.2) is 0 Å². The topological polar surface area (TPSA) is 93.9 Å². The second-order valence-corrected chi connectivity index (χ2v) is 6.32. The summed E-state index contributed by atoms with van der Waals surface area (Å²) in [6, 6.07) is 28.2. The lowest BCUT2D eigenvalue weighted by atomic mass is 9.94. The fourth-order valence-electron chi connectivity index (χ4n) is 3.26. The van der Waals surface area contributed by atoms with Gasteiger partial charge in [0, 0.05) is 16.7 Å². The van der Waals surface area contributed by atoms with E-state index in [2.05, 4.69) is 20.5 Å². The highest BCUT2D eigenvalue weighted by Gasteiger charge is 2.24. The number of hydrogen-bond donors (Lipinski definition) is 3. The van der Waals surface area contributed by atoms with Crippen molar-refractivity contribution >= 4 is 11.4 Å². The molecular formula is C23H18N4O2. The monoisotopic (exact) mass is 382 g/mol. The van der Waals surface area contributed by atoms with E-state index in [-0.39, 0.29) is 0 Å². The smallest absolute Gasteiger partial charge is 0.138 e. The molecule has 0 unspecified atom stereocenters. The Bertz CT molecular complexity index is 1080. The lowest BCUT2D eigenvalue weighted by Crippen LogP contribution is -2.08. The SMILES string of the molecule is O/N=C(\c1ccccc1)c1n[nH]c(/C(=N/O)c2ccccc2)c1-c1ccccc1. The van der Waals surface area contributed by atoms with E-state index in [1.54, 1.807) is 0 Å². The number of hydrogen-bond acceptors (Lipinski definition) is 5. The Hall–Kier alpha value is -4.19. The van der Waals surface area contributed by atoms with Gasteiger partial charge in [0.15, 0.2) is 0 Å². The van der Waals surface area contributed by atoms with Crippen LogP contribution in [0.25, 0.3) is 11.1 Å².